The van der Waals surface area contributed by atoms with Crippen LogP contribution >= 0.6 is 0 Å². The van der Waals surface area contributed by atoms with E-state index < -0.39 is 11.7 Å². The second-order valence-corrected chi connectivity index (χ2v) is 10.9. The standard InChI is InChI=1S/C33H36FN3O4/c34-29-12-11-24-20-28(29)33(41)36-15-4-18-37(32(40)21-25-10-9-23-5-1-2-6-26(23)25)17-3-7-31(39)35-16-14-22-8-13-30(38)27(24)19-22/h1-2,5-6,8,11-13,19-20,25,38H,3-4,7,9-10,14-18,21H2,(H,35,39)(H,36,41). The lowest BCUT2D eigenvalue weighted by Crippen LogP contribution is -2.36. The van der Waals surface area contributed by atoms with Gasteiger partial charge in [-0.2, -0.15) is 0 Å². The highest BCUT2D eigenvalue weighted by atomic mass is 19.1. The van der Waals surface area contributed by atoms with Crippen LogP contribution in [0.5, 0.6) is 5.75 Å². The molecule has 1 atom stereocenters. The maximum atomic E-state index is 14.7. The molecule has 3 amide bonds. The summed E-state index contributed by atoms with van der Waals surface area (Å²) in [5, 5.41) is 16.2. The van der Waals surface area contributed by atoms with E-state index in [-0.39, 0.29) is 35.6 Å². The van der Waals surface area contributed by atoms with Crippen molar-refractivity contribution < 1.29 is 23.9 Å². The van der Waals surface area contributed by atoms with Crippen LogP contribution in [0.15, 0.2) is 60.7 Å². The topological polar surface area (TPSA) is 98.7 Å². The summed E-state index contributed by atoms with van der Waals surface area (Å²) in [4.78, 5) is 40.7. The van der Waals surface area contributed by atoms with Gasteiger partial charge < -0.3 is 20.6 Å². The molecule has 4 bridgehead atoms. The molecule has 7 nitrogen and oxygen atoms in total. The Labute approximate surface area is 239 Å². The molecule has 2 aliphatic rings. The summed E-state index contributed by atoms with van der Waals surface area (Å²) in [6, 6.07) is 17.6. The first kappa shape index (κ1) is 28.3. The number of hydrogen-bond donors (Lipinski definition) is 3. The molecule has 41 heavy (non-hydrogen) atoms. The van der Waals surface area contributed by atoms with Crippen molar-refractivity contribution >= 4 is 17.7 Å². The molecule has 3 aromatic carbocycles. The van der Waals surface area contributed by atoms with Crippen LogP contribution in [-0.4, -0.2) is 53.9 Å². The van der Waals surface area contributed by atoms with Gasteiger partial charge in [-0.05, 0) is 84.5 Å². The van der Waals surface area contributed by atoms with E-state index in [4.69, 9.17) is 0 Å². The van der Waals surface area contributed by atoms with Gasteiger partial charge >= 0.3 is 0 Å². The number of benzene rings is 3. The van der Waals surface area contributed by atoms with Crippen LogP contribution in [0.4, 0.5) is 4.39 Å². The van der Waals surface area contributed by atoms with Crippen molar-refractivity contribution in [2.45, 2.75) is 50.9 Å². The molecular weight excluding hydrogens is 521 g/mol. The van der Waals surface area contributed by atoms with Crippen LogP contribution in [0, 0.1) is 5.82 Å². The largest absolute Gasteiger partial charge is 0.507 e. The van der Waals surface area contributed by atoms with Crippen molar-refractivity contribution in [3.63, 3.8) is 0 Å². The summed E-state index contributed by atoms with van der Waals surface area (Å²) in [6.45, 7) is 1.56. The lowest BCUT2D eigenvalue weighted by atomic mass is 9.97. The molecular formula is C33H36FN3O4. The third-order valence-electron chi connectivity index (χ3n) is 8.07. The van der Waals surface area contributed by atoms with Crippen LogP contribution in [-0.2, 0) is 22.4 Å². The molecule has 1 aliphatic carbocycles. The van der Waals surface area contributed by atoms with Crippen molar-refractivity contribution in [3.8, 4) is 16.9 Å². The van der Waals surface area contributed by atoms with Crippen molar-refractivity contribution in [1.29, 1.82) is 0 Å². The number of aryl methyl sites for hydroxylation is 1. The van der Waals surface area contributed by atoms with Crippen molar-refractivity contribution in [2.24, 2.45) is 0 Å². The van der Waals surface area contributed by atoms with Gasteiger partial charge in [0.15, 0.2) is 0 Å². The van der Waals surface area contributed by atoms with E-state index in [1.54, 1.807) is 23.1 Å². The van der Waals surface area contributed by atoms with Gasteiger partial charge in [-0.25, -0.2) is 4.39 Å². The van der Waals surface area contributed by atoms with Gasteiger partial charge in [0.2, 0.25) is 11.8 Å². The first-order valence-electron chi connectivity index (χ1n) is 14.4. The molecule has 8 heteroatoms. The predicted octanol–water partition coefficient (Wildman–Crippen LogP) is 4.72. The number of carbonyl (C=O) groups excluding carboxylic acids is 3. The molecule has 1 aliphatic heterocycles. The Morgan fingerprint density at radius 1 is 0.902 bits per heavy atom. The highest BCUT2D eigenvalue weighted by molar-refractivity contribution is 5.96. The number of phenols is 1. The Hall–Kier alpha value is -4.20. The van der Waals surface area contributed by atoms with E-state index in [0.29, 0.717) is 62.9 Å². The Balaban J connectivity index is 1.31. The Kier molecular flexibility index (Phi) is 8.97. The summed E-state index contributed by atoms with van der Waals surface area (Å²) in [5.41, 5.74) is 4.33. The summed E-state index contributed by atoms with van der Waals surface area (Å²) in [5.74, 6) is -1.02. The first-order chi connectivity index (χ1) is 19.9. The molecule has 1 heterocycles. The number of amides is 3. The molecule has 0 spiro atoms. The minimum absolute atomic E-state index is 0.0208. The summed E-state index contributed by atoms with van der Waals surface area (Å²) in [7, 11) is 0. The maximum absolute atomic E-state index is 14.7. The van der Waals surface area contributed by atoms with E-state index in [1.165, 1.54) is 29.3 Å². The zero-order valence-electron chi connectivity index (χ0n) is 23.1. The van der Waals surface area contributed by atoms with Gasteiger partial charge in [0.25, 0.3) is 5.91 Å². The second-order valence-electron chi connectivity index (χ2n) is 10.9. The summed E-state index contributed by atoms with van der Waals surface area (Å²) in [6.07, 6.45) is 4.21. The molecule has 0 aromatic heterocycles. The van der Waals surface area contributed by atoms with Crippen molar-refractivity contribution in [1.82, 2.24) is 15.5 Å². The molecule has 3 N–H and O–H groups in total. The molecule has 3 aromatic rings. The van der Waals surface area contributed by atoms with E-state index >= 15 is 0 Å². The maximum Gasteiger partial charge on any atom is 0.254 e. The normalized spacial score (nSPS) is 18.4. The molecule has 214 valence electrons. The SMILES string of the molecule is O=C1CCCN(C(=O)CC2CCc3ccccc32)CCCNC(=O)c2cc(ccc2F)-c2cc(ccc2O)CCN1. The third kappa shape index (κ3) is 6.93. The fourth-order valence-electron chi connectivity index (χ4n) is 5.83. The van der Waals surface area contributed by atoms with Gasteiger partial charge in [-0.1, -0.05) is 36.4 Å². The highest BCUT2D eigenvalue weighted by Crippen LogP contribution is 2.36. The summed E-state index contributed by atoms with van der Waals surface area (Å²) >= 11 is 0. The number of nitrogens with zero attached hydrogens (tertiary/aromatic N) is 1. The first-order valence-corrected chi connectivity index (χ1v) is 14.4. The van der Waals surface area contributed by atoms with Gasteiger partial charge in [0.05, 0.1) is 5.56 Å². The molecule has 0 radical (unpaired) electrons. The monoisotopic (exact) mass is 557 g/mol. The van der Waals surface area contributed by atoms with Gasteiger partial charge in [0, 0.05) is 44.6 Å². The fraction of sp³-hybridized carbons (Fsp3) is 0.364. The Bertz CT molecular complexity index is 1440. The molecule has 1 unspecified atom stereocenters. The number of halogens is 1. The van der Waals surface area contributed by atoms with Gasteiger partial charge in [-0.15, -0.1) is 0 Å². The Morgan fingerprint density at radius 2 is 1.73 bits per heavy atom. The van der Waals surface area contributed by atoms with Gasteiger partial charge in [-0.3, -0.25) is 14.4 Å². The number of carbonyl (C=O) groups is 3. The highest BCUT2D eigenvalue weighted by Gasteiger charge is 2.26. The van der Waals surface area contributed by atoms with Crippen LogP contribution in [0.2, 0.25) is 0 Å². The fourth-order valence-corrected chi connectivity index (χ4v) is 5.83. The van der Waals surface area contributed by atoms with E-state index in [1.807, 2.05) is 12.1 Å². The minimum atomic E-state index is -0.649. The van der Waals surface area contributed by atoms with Crippen LogP contribution in [0.3, 0.4) is 0 Å². The van der Waals surface area contributed by atoms with Crippen molar-refractivity contribution in [3.05, 3.63) is 88.7 Å². The third-order valence-corrected chi connectivity index (χ3v) is 8.07. The number of hydrogen-bond acceptors (Lipinski definition) is 4. The van der Waals surface area contributed by atoms with Crippen LogP contribution in [0.25, 0.3) is 11.1 Å². The van der Waals surface area contributed by atoms with Crippen LogP contribution < -0.4 is 10.6 Å². The number of nitrogens with one attached hydrogen (secondary N) is 2. The van der Waals surface area contributed by atoms with E-state index in [0.717, 1.165) is 18.4 Å². The lowest BCUT2D eigenvalue weighted by molar-refractivity contribution is -0.132. The average molecular weight is 558 g/mol. The zero-order valence-corrected chi connectivity index (χ0v) is 23.1. The molecule has 0 saturated carbocycles. The second kappa shape index (κ2) is 13.0. The van der Waals surface area contributed by atoms with Crippen molar-refractivity contribution in [2.75, 3.05) is 26.2 Å². The number of aromatic hydroxyl groups is 1. The van der Waals surface area contributed by atoms with Crippen LogP contribution in [0.1, 0.15) is 65.1 Å². The van der Waals surface area contributed by atoms with E-state index in [9.17, 15) is 23.9 Å². The minimum Gasteiger partial charge on any atom is -0.507 e. The average Bonchev–Trinajstić information content (AvgIpc) is 3.37. The van der Waals surface area contributed by atoms with Gasteiger partial charge in [0.1, 0.15) is 11.6 Å². The molecule has 0 saturated heterocycles. The zero-order chi connectivity index (χ0) is 28.8. The Morgan fingerprint density at radius 3 is 2.61 bits per heavy atom. The molecule has 5 rings (SSSR count). The number of fused-ring (bicyclic) bond motifs is 6. The molecule has 0 fully saturated rings. The number of phenolic OH excluding ortho intramolecular Hbond substituents is 1. The summed E-state index contributed by atoms with van der Waals surface area (Å²) < 4.78 is 14.7. The number of rotatable bonds is 2. The predicted molar refractivity (Wildman–Crippen MR) is 155 cm³/mol. The smallest absolute Gasteiger partial charge is 0.254 e. The quantitative estimate of drug-likeness (QED) is 0.425. The van der Waals surface area contributed by atoms with E-state index in [2.05, 4.69) is 22.8 Å². The lowest BCUT2D eigenvalue weighted by Gasteiger charge is -2.25.